The average Bonchev–Trinajstić information content (AvgIpc) is 2.13. The predicted molar refractivity (Wildman–Crippen MR) is 74.4 cm³/mol. The molecule has 6 heteroatoms. The topological polar surface area (TPSA) is 83.6 Å². The quantitative estimate of drug-likeness (QED) is 0.805. The van der Waals surface area contributed by atoms with E-state index in [1.807, 2.05) is 0 Å². The first-order chi connectivity index (χ1) is 8.03. The fraction of sp³-hybridized carbons (Fsp3) is 0.333. The zero-order valence-electron chi connectivity index (χ0n) is 10.7. The average molecular weight is 270 g/mol. The molecule has 0 aliphatic carbocycles. The van der Waals surface area contributed by atoms with Crippen molar-refractivity contribution in [3.05, 3.63) is 24.3 Å². The Labute approximate surface area is 107 Å². The maximum Gasteiger partial charge on any atom is 0.412 e. The Kier molecular flexibility index (Phi) is 3.73. The summed E-state index contributed by atoms with van der Waals surface area (Å²) in [4.78, 5) is 12.9. The highest BCUT2D eigenvalue weighted by Crippen LogP contribution is 2.25. The fourth-order valence-electron chi connectivity index (χ4n) is 1.61. The van der Waals surface area contributed by atoms with Gasteiger partial charge in [0.15, 0.2) is 0 Å². The number of nitrogens with zero attached hydrogens (tertiary/aromatic N) is 1. The van der Waals surface area contributed by atoms with Crippen molar-refractivity contribution < 1.29 is 14.1 Å². The summed E-state index contributed by atoms with van der Waals surface area (Å²) in [5.41, 5.74) is -0.0653. The Balaban J connectivity index is 3.22. The maximum atomic E-state index is 11.5. The largest absolute Gasteiger partial charge is 0.465 e. The predicted octanol–water partition coefficient (Wildman–Crippen LogP) is 1.92. The number of carboxylic acid groups (broad SMARTS) is 1. The van der Waals surface area contributed by atoms with Gasteiger partial charge in [-0.1, -0.05) is 0 Å². The molecule has 0 fully saturated rings. The first-order valence-electron chi connectivity index (χ1n) is 5.32. The second-order valence-electron chi connectivity index (χ2n) is 5.01. The number of amides is 1. The highest BCUT2D eigenvalue weighted by Gasteiger charge is 2.27. The summed E-state index contributed by atoms with van der Waals surface area (Å²) in [6.07, 6.45) is -1.04. The second kappa shape index (κ2) is 4.62. The van der Waals surface area contributed by atoms with Crippen LogP contribution in [0.5, 0.6) is 0 Å². The number of anilines is 1. The molecule has 1 atom stereocenters. The van der Waals surface area contributed by atoms with Crippen molar-refractivity contribution in [1.82, 2.24) is 0 Å². The standard InChI is InChI=1S/C12H18N2O3S/c1-12(2,3)14(11(15)16)9-5-7-10(8-6-9)18(4,13)17/h5-8H,4H2,1-3H3,(H2,13,17)(H,15,16). The minimum Gasteiger partial charge on any atom is -0.465 e. The molecule has 1 aromatic rings. The van der Waals surface area contributed by atoms with Crippen molar-refractivity contribution >= 4 is 27.4 Å². The van der Waals surface area contributed by atoms with Crippen LogP contribution in [-0.4, -0.2) is 26.8 Å². The molecule has 18 heavy (non-hydrogen) atoms. The molecule has 0 saturated carbocycles. The lowest BCUT2D eigenvalue weighted by atomic mass is 10.1. The van der Waals surface area contributed by atoms with Gasteiger partial charge in [-0.3, -0.25) is 10.0 Å². The summed E-state index contributed by atoms with van der Waals surface area (Å²) in [6, 6.07) is 6.22. The number of benzene rings is 1. The zero-order valence-corrected chi connectivity index (χ0v) is 11.5. The molecule has 100 valence electrons. The molecule has 0 aliphatic heterocycles. The van der Waals surface area contributed by atoms with E-state index in [2.05, 4.69) is 5.87 Å². The van der Waals surface area contributed by atoms with Crippen LogP contribution in [0.1, 0.15) is 20.8 Å². The van der Waals surface area contributed by atoms with Crippen molar-refractivity contribution in [3.8, 4) is 0 Å². The number of hydrogen-bond acceptors (Lipinski definition) is 2. The maximum absolute atomic E-state index is 11.5. The fourth-order valence-corrected chi connectivity index (χ4v) is 2.21. The van der Waals surface area contributed by atoms with Gasteiger partial charge >= 0.3 is 6.09 Å². The third kappa shape index (κ3) is 3.24. The van der Waals surface area contributed by atoms with E-state index in [1.54, 1.807) is 32.9 Å². The van der Waals surface area contributed by atoms with Crippen LogP contribution in [0.4, 0.5) is 10.5 Å². The Hall–Kier alpha value is -1.53. The second-order valence-corrected chi connectivity index (χ2v) is 6.93. The van der Waals surface area contributed by atoms with Gasteiger partial charge in [0.05, 0.1) is 9.71 Å². The van der Waals surface area contributed by atoms with Crippen LogP contribution in [0.25, 0.3) is 0 Å². The van der Waals surface area contributed by atoms with E-state index in [0.29, 0.717) is 10.6 Å². The molecule has 0 aromatic heterocycles. The minimum atomic E-state index is -2.77. The SMILES string of the molecule is C=S(N)(=O)c1ccc(N(C(=O)O)C(C)(C)C)cc1. The van der Waals surface area contributed by atoms with Gasteiger partial charge in [-0.15, -0.1) is 0 Å². The van der Waals surface area contributed by atoms with Gasteiger partial charge < -0.3 is 5.11 Å². The van der Waals surface area contributed by atoms with E-state index in [-0.39, 0.29) is 0 Å². The van der Waals surface area contributed by atoms with Crippen LogP contribution in [0.15, 0.2) is 29.2 Å². The summed E-state index contributed by atoms with van der Waals surface area (Å²) < 4.78 is 11.5. The van der Waals surface area contributed by atoms with Crippen LogP contribution >= 0.6 is 0 Å². The lowest BCUT2D eigenvalue weighted by molar-refractivity contribution is 0.195. The molecule has 0 aliphatic rings. The summed E-state index contributed by atoms with van der Waals surface area (Å²) in [5, 5.41) is 14.6. The third-order valence-corrected chi connectivity index (χ3v) is 3.43. The number of rotatable bonds is 2. The molecule has 0 spiro atoms. The van der Waals surface area contributed by atoms with Gasteiger partial charge in [-0.2, -0.15) is 0 Å². The highest BCUT2D eigenvalue weighted by molar-refractivity contribution is 7.98. The molecule has 5 nitrogen and oxygen atoms in total. The lowest BCUT2D eigenvalue weighted by Crippen LogP contribution is -2.45. The van der Waals surface area contributed by atoms with Gasteiger partial charge in [0, 0.05) is 16.1 Å². The molecule has 1 unspecified atom stereocenters. The van der Waals surface area contributed by atoms with Crippen molar-refractivity contribution in [2.24, 2.45) is 5.14 Å². The van der Waals surface area contributed by atoms with E-state index in [4.69, 9.17) is 5.14 Å². The summed E-state index contributed by atoms with van der Waals surface area (Å²) in [5.74, 6) is 3.37. The molecule has 1 amide bonds. The monoisotopic (exact) mass is 270 g/mol. The Morgan fingerprint density at radius 3 is 2.06 bits per heavy atom. The zero-order chi connectivity index (χ0) is 14.1. The van der Waals surface area contributed by atoms with Crippen molar-refractivity contribution in [3.63, 3.8) is 0 Å². The summed E-state index contributed by atoms with van der Waals surface area (Å²) >= 11 is 0. The van der Waals surface area contributed by atoms with Crippen LogP contribution in [-0.2, 0) is 9.71 Å². The van der Waals surface area contributed by atoms with Gasteiger partial charge in [0.25, 0.3) is 0 Å². The van der Waals surface area contributed by atoms with Crippen LogP contribution in [0, 0.1) is 0 Å². The third-order valence-electron chi connectivity index (χ3n) is 2.36. The molecule has 0 heterocycles. The van der Waals surface area contributed by atoms with Crippen LogP contribution < -0.4 is 10.0 Å². The van der Waals surface area contributed by atoms with Gasteiger partial charge in [-0.05, 0) is 50.9 Å². The molecule has 1 rings (SSSR count). The molecule has 1 aromatic carbocycles. The lowest BCUT2D eigenvalue weighted by Gasteiger charge is -2.33. The molecule has 3 N–H and O–H groups in total. The minimum absolute atomic E-state index is 0.394. The van der Waals surface area contributed by atoms with Crippen molar-refractivity contribution in [1.29, 1.82) is 0 Å². The van der Waals surface area contributed by atoms with Gasteiger partial charge in [0.1, 0.15) is 0 Å². The van der Waals surface area contributed by atoms with Gasteiger partial charge in [-0.25, -0.2) is 9.00 Å². The Morgan fingerprint density at radius 2 is 1.78 bits per heavy atom. The number of nitrogens with two attached hydrogens (primary N) is 1. The van der Waals surface area contributed by atoms with Crippen molar-refractivity contribution in [2.75, 3.05) is 4.90 Å². The Bertz CT molecular complexity index is 542. The highest BCUT2D eigenvalue weighted by atomic mass is 32.2. The van der Waals surface area contributed by atoms with Crippen molar-refractivity contribution in [2.45, 2.75) is 31.2 Å². The van der Waals surface area contributed by atoms with Crippen LogP contribution in [0.2, 0.25) is 0 Å². The number of hydrogen-bond donors (Lipinski definition) is 2. The molecule has 0 bridgehead atoms. The smallest absolute Gasteiger partial charge is 0.412 e. The van der Waals surface area contributed by atoms with E-state index in [1.165, 1.54) is 17.0 Å². The molecular formula is C12H18N2O3S. The molecule has 0 radical (unpaired) electrons. The molecule has 0 saturated heterocycles. The number of carbonyl (C=O) groups is 1. The Morgan fingerprint density at radius 1 is 1.33 bits per heavy atom. The summed E-state index contributed by atoms with van der Waals surface area (Å²) in [6.45, 7) is 5.38. The molecular weight excluding hydrogens is 252 g/mol. The first-order valence-corrected chi connectivity index (χ1v) is 7.11. The van der Waals surface area contributed by atoms with E-state index >= 15 is 0 Å². The van der Waals surface area contributed by atoms with Crippen LogP contribution in [0.3, 0.4) is 0 Å². The van der Waals surface area contributed by atoms with Gasteiger partial charge in [0.2, 0.25) is 0 Å². The van der Waals surface area contributed by atoms with E-state index in [9.17, 15) is 14.1 Å². The summed E-state index contributed by atoms with van der Waals surface area (Å²) in [7, 11) is -2.77. The first kappa shape index (κ1) is 14.5. The normalized spacial score (nSPS) is 14.9. The van der Waals surface area contributed by atoms with E-state index in [0.717, 1.165) is 0 Å². The van der Waals surface area contributed by atoms with E-state index < -0.39 is 21.3 Å².